The summed E-state index contributed by atoms with van der Waals surface area (Å²) in [5, 5.41) is 3.73. The fourth-order valence-electron chi connectivity index (χ4n) is 1.33. The van der Waals surface area contributed by atoms with Crippen LogP contribution in [0.25, 0.3) is 0 Å². The Morgan fingerprint density at radius 1 is 1.24 bits per heavy atom. The number of hydrogen-bond acceptors (Lipinski definition) is 3. The first-order valence-electron chi connectivity index (χ1n) is 5.45. The van der Waals surface area contributed by atoms with Crippen molar-refractivity contribution in [1.82, 2.24) is 9.14 Å². The first kappa shape index (κ1) is 13.7. The van der Waals surface area contributed by atoms with Gasteiger partial charge in [-0.3, -0.25) is 0 Å². The molecular formula is C11H17N3O2S. The van der Waals surface area contributed by atoms with Crippen molar-refractivity contribution in [1.29, 1.82) is 0 Å². The van der Waals surface area contributed by atoms with E-state index in [4.69, 9.17) is 0 Å². The summed E-state index contributed by atoms with van der Waals surface area (Å²) in [4.78, 5) is 2.18. The Balaban J connectivity index is 2.64. The molecule has 1 aromatic carbocycles. The maximum atomic E-state index is 11.7. The standard InChI is InChI=1S/C11H17N3O2S/c1-3-14(4-2)17(15,16)13-12-10-11-8-6-5-7-9-11/h5-10,13H,3-4H2,1-2H3. The minimum Gasteiger partial charge on any atom is -0.191 e. The predicted molar refractivity (Wildman–Crippen MR) is 69.0 cm³/mol. The number of benzene rings is 1. The molecule has 0 fully saturated rings. The summed E-state index contributed by atoms with van der Waals surface area (Å²) in [5.41, 5.74) is 0.842. The van der Waals surface area contributed by atoms with E-state index in [0.29, 0.717) is 13.1 Å². The van der Waals surface area contributed by atoms with Gasteiger partial charge in [0.15, 0.2) is 0 Å². The molecule has 0 amide bonds. The smallest absolute Gasteiger partial charge is 0.191 e. The van der Waals surface area contributed by atoms with Crippen LogP contribution in [0.1, 0.15) is 19.4 Å². The number of hydrogen-bond donors (Lipinski definition) is 1. The number of rotatable bonds is 6. The molecule has 0 bridgehead atoms. The van der Waals surface area contributed by atoms with Gasteiger partial charge in [0.25, 0.3) is 0 Å². The third kappa shape index (κ3) is 4.16. The zero-order chi connectivity index (χ0) is 12.7. The minimum atomic E-state index is -3.51. The summed E-state index contributed by atoms with van der Waals surface area (Å²) < 4.78 is 24.7. The third-order valence-corrected chi connectivity index (χ3v) is 3.76. The van der Waals surface area contributed by atoms with Gasteiger partial charge in [-0.2, -0.15) is 22.7 Å². The molecule has 0 aliphatic carbocycles. The lowest BCUT2D eigenvalue weighted by molar-refractivity contribution is 0.436. The summed E-state index contributed by atoms with van der Waals surface area (Å²) >= 11 is 0. The lowest BCUT2D eigenvalue weighted by Crippen LogP contribution is -2.38. The normalized spacial score (nSPS) is 12.2. The molecule has 0 aromatic heterocycles. The maximum Gasteiger partial charge on any atom is 0.316 e. The Bertz CT molecular complexity index is 453. The lowest BCUT2D eigenvalue weighted by atomic mass is 10.2. The van der Waals surface area contributed by atoms with Crippen LogP contribution in [-0.2, 0) is 10.2 Å². The van der Waals surface area contributed by atoms with E-state index >= 15 is 0 Å². The number of nitrogens with zero attached hydrogens (tertiary/aromatic N) is 2. The van der Waals surface area contributed by atoms with Crippen molar-refractivity contribution >= 4 is 16.4 Å². The van der Waals surface area contributed by atoms with Crippen molar-refractivity contribution in [2.24, 2.45) is 5.10 Å². The molecular weight excluding hydrogens is 238 g/mol. The van der Waals surface area contributed by atoms with Crippen LogP contribution in [0.3, 0.4) is 0 Å². The maximum absolute atomic E-state index is 11.7. The summed E-state index contributed by atoms with van der Waals surface area (Å²) in [5.74, 6) is 0. The summed E-state index contributed by atoms with van der Waals surface area (Å²) in [7, 11) is -3.51. The monoisotopic (exact) mass is 255 g/mol. The Kier molecular flexibility index (Phi) is 5.11. The SMILES string of the molecule is CCN(CC)S(=O)(=O)NN=Cc1ccccc1. The van der Waals surface area contributed by atoms with Crippen LogP contribution in [-0.4, -0.2) is 32.0 Å². The van der Waals surface area contributed by atoms with Gasteiger partial charge in [0, 0.05) is 13.1 Å². The number of nitrogens with one attached hydrogen (secondary N) is 1. The topological polar surface area (TPSA) is 61.8 Å². The van der Waals surface area contributed by atoms with Crippen molar-refractivity contribution in [3.8, 4) is 0 Å². The van der Waals surface area contributed by atoms with E-state index in [1.54, 1.807) is 13.8 Å². The minimum absolute atomic E-state index is 0.423. The molecule has 0 radical (unpaired) electrons. The van der Waals surface area contributed by atoms with Crippen molar-refractivity contribution in [2.75, 3.05) is 13.1 Å². The molecule has 5 nitrogen and oxygen atoms in total. The first-order valence-corrected chi connectivity index (χ1v) is 6.89. The zero-order valence-electron chi connectivity index (χ0n) is 10.00. The van der Waals surface area contributed by atoms with Crippen LogP contribution < -0.4 is 4.83 Å². The van der Waals surface area contributed by atoms with Crippen molar-refractivity contribution in [2.45, 2.75) is 13.8 Å². The second kappa shape index (κ2) is 6.36. The van der Waals surface area contributed by atoms with Crippen molar-refractivity contribution in [3.05, 3.63) is 35.9 Å². The van der Waals surface area contributed by atoms with Gasteiger partial charge >= 0.3 is 10.2 Å². The molecule has 0 aliphatic heterocycles. The molecule has 6 heteroatoms. The Hall–Kier alpha value is -1.40. The van der Waals surface area contributed by atoms with Crippen LogP contribution >= 0.6 is 0 Å². The largest absolute Gasteiger partial charge is 0.316 e. The van der Waals surface area contributed by atoms with Crippen molar-refractivity contribution < 1.29 is 8.42 Å². The van der Waals surface area contributed by atoms with E-state index in [9.17, 15) is 8.42 Å². The van der Waals surface area contributed by atoms with Gasteiger partial charge in [0.05, 0.1) is 6.21 Å². The highest BCUT2D eigenvalue weighted by Gasteiger charge is 2.16. The Morgan fingerprint density at radius 2 is 1.82 bits per heavy atom. The summed E-state index contributed by atoms with van der Waals surface area (Å²) in [6, 6.07) is 9.29. The second-order valence-corrected chi connectivity index (χ2v) is 5.00. The first-order chi connectivity index (χ1) is 8.10. The van der Waals surface area contributed by atoms with E-state index in [0.717, 1.165) is 5.56 Å². The predicted octanol–water partition coefficient (Wildman–Crippen LogP) is 1.20. The molecule has 0 atom stereocenters. The van der Waals surface area contributed by atoms with Crippen molar-refractivity contribution in [3.63, 3.8) is 0 Å². The molecule has 1 aromatic rings. The molecule has 94 valence electrons. The quantitative estimate of drug-likeness (QED) is 0.613. The summed E-state index contributed by atoms with van der Waals surface area (Å²) in [6.07, 6.45) is 1.47. The Labute approximate surface area is 102 Å². The molecule has 0 spiro atoms. The Morgan fingerprint density at radius 3 is 2.35 bits per heavy atom. The van der Waals surface area contributed by atoms with Gasteiger partial charge in [-0.25, -0.2) is 0 Å². The fraction of sp³-hybridized carbons (Fsp3) is 0.364. The zero-order valence-corrected chi connectivity index (χ0v) is 10.8. The molecule has 1 N–H and O–H groups in total. The van der Waals surface area contributed by atoms with Gasteiger partial charge in [-0.1, -0.05) is 44.2 Å². The van der Waals surface area contributed by atoms with Crippen LogP contribution in [0.5, 0.6) is 0 Å². The van der Waals surface area contributed by atoms with Gasteiger partial charge in [-0.05, 0) is 5.56 Å². The van der Waals surface area contributed by atoms with Gasteiger partial charge in [0.2, 0.25) is 0 Å². The summed E-state index contributed by atoms with van der Waals surface area (Å²) in [6.45, 7) is 4.41. The van der Waals surface area contributed by atoms with E-state index in [-0.39, 0.29) is 0 Å². The van der Waals surface area contributed by atoms with E-state index < -0.39 is 10.2 Å². The highest BCUT2D eigenvalue weighted by molar-refractivity contribution is 7.87. The van der Waals surface area contributed by atoms with E-state index in [2.05, 4.69) is 9.93 Å². The molecule has 0 saturated heterocycles. The van der Waals surface area contributed by atoms with E-state index in [1.165, 1.54) is 10.5 Å². The highest BCUT2D eigenvalue weighted by atomic mass is 32.2. The highest BCUT2D eigenvalue weighted by Crippen LogP contribution is 1.97. The number of hydrazone groups is 1. The molecule has 1 rings (SSSR count). The van der Waals surface area contributed by atoms with Crippen LogP contribution in [0.2, 0.25) is 0 Å². The average Bonchev–Trinajstić information content (AvgIpc) is 2.31. The van der Waals surface area contributed by atoms with Gasteiger partial charge in [0.1, 0.15) is 0 Å². The third-order valence-electron chi connectivity index (χ3n) is 2.23. The van der Waals surface area contributed by atoms with Crippen LogP contribution in [0.15, 0.2) is 35.4 Å². The van der Waals surface area contributed by atoms with Crippen LogP contribution in [0, 0.1) is 0 Å². The molecule has 0 saturated carbocycles. The molecule has 0 unspecified atom stereocenters. The van der Waals surface area contributed by atoms with E-state index in [1.807, 2.05) is 30.3 Å². The average molecular weight is 255 g/mol. The molecule has 17 heavy (non-hydrogen) atoms. The van der Waals surface area contributed by atoms with Gasteiger partial charge < -0.3 is 0 Å². The van der Waals surface area contributed by atoms with Crippen LogP contribution in [0.4, 0.5) is 0 Å². The molecule has 0 aliphatic rings. The molecule has 0 heterocycles. The van der Waals surface area contributed by atoms with Gasteiger partial charge in [-0.15, -0.1) is 0 Å². The lowest BCUT2D eigenvalue weighted by Gasteiger charge is -2.16. The second-order valence-electron chi connectivity index (χ2n) is 3.35. The fourth-order valence-corrected chi connectivity index (χ4v) is 2.31.